The Hall–Kier alpha value is -4.18. The summed E-state index contributed by atoms with van der Waals surface area (Å²) < 4.78 is 16.6. The number of nitrogens with one attached hydrogen (secondary N) is 2. The lowest BCUT2D eigenvalue weighted by Gasteiger charge is -2.11. The van der Waals surface area contributed by atoms with E-state index in [0.29, 0.717) is 27.2 Å². The first-order valence-electron chi connectivity index (χ1n) is 10.8. The second-order valence-electron chi connectivity index (χ2n) is 7.35. The molecule has 0 saturated heterocycles. The lowest BCUT2D eigenvalue weighted by Crippen LogP contribution is -2.32. The highest BCUT2D eigenvalue weighted by atomic mass is 79.9. The minimum Gasteiger partial charge on any atom is -0.493 e. The Morgan fingerprint density at radius 2 is 1.58 bits per heavy atom. The van der Waals surface area contributed by atoms with Crippen molar-refractivity contribution < 1.29 is 28.6 Å². The van der Waals surface area contributed by atoms with Gasteiger partial charge < -0.3 is 19.5 Å². The van der Waals surface area contributed by atoms with Crippen LogP contribution in [0.1, 0.15) is 28.4 Å². The molecule has 0 spiro atoms. The zero-order valence-corrected chi connectivity index (χ0v) is 21.4. The number of rotatable bonds is 8. The van der Waals surface area contributed by atoms with E-state index in [2.05, 4.69) is 31.8 Å². The zero-order chi connectivity index (χ0) is 26.1. The van der Waals surface area contributed by atoms with Crippen LogP contribution in [0.2, 0.25) is 0 Å². The molecule has 3 aromatic rings. The SMILES string of the molecule is CCc1ccc(NC(=O)C(=O)NN=Cc2cc(Br)ccc2OC(=O)c2ccc(OC)c(OC)c2)cc1. The number of amides is 2. The molecule has 36 heavy (non-hydrogen) atoms. The van der Waals surface area contributed by atoms with E-state index in [4.69, 9.17) is 14.2 Å². The van der Waals surface area contributed by atoms with Crippen LogP contribution in [0.5, 0.6) is 17.2 Å². The van der Waals surface area contributed by atoms with Gasteiger partial charge in [0, 0.05) is 15.7 Å². The minimum absolute atomic E-state index is 0.191. The number of anilines is 1. The Morgan fingerprint density at radius 3 is 2.25 bits per heavy atom. The molecular weight excluding hydrogens is 530 g/mol. The first kappa shape index (κ1) is 26.4. The highest BCUT2D eigenvalue weighted by Crippen LogP contribution is 2.29. The van der Waals surface area contributed by atoms with Crippen molar-refractivity contribution >= 4 is 45.6 Å². The standard InChI is InChI=1S/C26H24BrN3O6/c1-4-16-5-9-20(10-6-16)29-24(31)25(32)30-28-15-18-13-19(27)8-12-21(18)36-26(33)17-7-11-22(34-2)23(14-17)35-3/h5-15H,4H2,1-3H3,(H,29,31)(H,30,32). The Kier molecular flexibility index (Phi) is 9.18. The molecule has 186 valence electrons. The summed E-state index contributed by atoms with van der Waals surface area (Å²) >= 11 is 3.35. The first-order chi connectivity index (χ1) is 17.3. The van der Waals surface area contributed by atoms with Gasteiger partial charge in [0.1, 0.15) is 5.75 Å². The predicted octanol–water partition coefficient (Wildman–Crippen LogP) is 4.34. The van der Waals surface area contributed by atoms with E-state index in [1.54, 1.807) is 42.5 Å². The Morgan fingerprint density at radius 1 is 0.889 bits per heavy atom. The molecule has 0 bridgehead atoms. The van der Waals surface area contributed by atoms with Crippen LogP contribution >= 0.6 is 15.9 Å². The van der Waals surface area contributed by atoms with Gasteiger partial charge in [-0.1, -0.05) is 35.0 Å². The fourth-order valence-corrected chi connectivity index (χ4v) is 3.44. The van der Waals surface area contributed by atoms with Crippen LogP contribution in [-0.4, -0.2) is 38.2 Å². The van der Waals surface area contributed by atoms with Crippen molar-refractivity contribution in [1.82, 2.24) is 5.43 Å². The molecule has 0 atom stereocenters. The van der Waals surface area contributed by atoms with E-state index in [9.17, 15) is 14.4 Å². The summed E-state index contributed by atoms with van der Waals surface area (Å²) in [6, 6.07) is 16.7. The van der Waals surface area contributed by atoms with E-state index in [0.717, 1.165) is 12.0 Å². The number of hydrogen-bond donors (Lipinski definition) is 2. The Labute approximate surface area is 216 Å². The predicted molar refractivity (Wildman–Crippen MR) is 139 cm³/mol. The molecule has 9 nitrogen and oxygen atoms in total. The second kappa shape index (κ2) is 12.5. The molecular formula is C26H24BrN3O6. The number of benzene rings is 3. The fourth-order valence-electron chi connectivity index (χ4n) is 3.06. The van der Waals surface area contributed by atoms with Crippen LogP contribution < -0.4 is 25.0 Å². The van der Waals surface area contributed by atoms with E-state index in [-0.39, 0.29) is 11.3 Å². The van der Waals surface area contributed by atoms with Crippen molar-refractivity contribution in [2.24, 2.45) is 5.10 Å². The van der Waals surface area contributed by atoms with Crippen molar-refractivity contribution in [2.45, 2.75) is 13.3 Å². The third-order valence-electron chi connectivity index (χ3n) is 4.99. The molecule has 10 heteroatoms. The number of carbonyl (C=O) groups excluding carboxylic acids is 3. The molecule has 3 aromatic carbocycles. The van der Waals surface area contributed by atoms with E-state index < -0.39 is 17.8 Å². The summed E-state index contributed by atoms with van der Waals surface area (Å²) in [5, 5.41) is 6.33. The highest BCUT2D eigenvalue weighted by molar-refractivity contribution is 9.10. The summed E-state index contributed by atoms with van der Waals surface area (Å²) in [6.07, 6.45) is 2.13. The summed E-state index contributed by atoms with van der Waals surface area (Å²) in [5.41, 5.74) is 4.40. The third-order valence-corrected chi connectivity index (χ3v) is 5.48. The number of hydrogen-bond acceptors (Lipinski definition) is 7. The van der Waals surface area contributed by atoms with Crippen LogP contribution in [0.3, 0.4) is 0 Å². The molecule has 2 N–H and O–H groups in total. The van der Waals surface area contributed by atoms with E-state index in [1.807, 2.05) is 19.1 Å². The fraction of sp³-hybridized carbons (Fsp3) is 0.154. The highest BCUT2D eigenvalue weighted by Gasteiger charge is 2.16. The van der Waals surface area contributed by atoms with Gasteiger partial charge in [-0.3, -0.25) is 9.59 Å². The molecule has 0 heterocycles. The van der Waals surface area contributed by atoms with Gasteiger partial charge >= 0.3 is 17.8 Å². The van der Waals surface area contributed by atoms with Gasteiger partial charge in [0.2, 0.25) is 0 Å². The number of aryl methyl sites for hydroxylation is 1. The molecule has 0 unspecified atom stereocenters. The van der Waals surface area contributed by atoms with Crippen LogP contribution in [0.4, 0.5) is 5.69 Å². The number of carbonyl (C=O) groups is 3. The van der Waals surface area contributed by atoms with Crippen LogP contribution in [0, 0.1) is 0 Å². The van der Waals surface area contributed by atoms with Gasteiger partial charge in [-0.25, -0.2) is 10.2 Å². The lowest BCUT2D eigenvalue weighted by molar-refractivity contribution is -0.136. The maximum atomic E-state index is 12.7. The quantitative estimate of drug-likeness (QED) is 0.141. The first-order valence-corrected chi connectivity index (χ1v) is 11.6. The number of nitrogens with zero attached hydrogens (tertiary/aromatic N) is 1. The largest absolute Gasteiger partial charge is 0.493 e. The van der Waals surface area contributed by atoms with Gasteiger partial charge in [0.15, 0.2) is 11.5 Å². The Balaban J connectivity index is 1.67. The summed E-state index contributed by atoms with van der Waals surface area (Å²) in [7, 11) is 2.96. The van der Waals surface area contributed by atoms with Gasteiger partial charge in [-0.05, 0) is 60.5 Å². The van der Waals surface area contributed by atoms with Gasteiger partial charge in [-0.15, -0.1) is 0 Å². The maximum Gasteiger partial charge on any atom is 0.343 e. The Bertz CT molecular complexity index is 1290. The van der Waals surface area contributed by atoms with Gasteiger partial charge in [0.25, 0.3) is 0 Å². The normalized spacial score (nSPS) is 10.6. The molecule has 0 aliphatic heterocycles. The number of methoxy groups -OCH3 is 2. The van der Waals surface area contributed by atoms with Crippen LogP contribution in [0.15, 0.2) is 70.2 Å². The summed E-state index contributed by atoms with van der Waals surface area (Å²) in [5.74, 6) is -1.41. The average molecular weight is 554 g/mol. The minimum atomic E-state index is -0.954. The molecule has 0 fully saturated rings. The molecule has 0 aliphatic rings. The topological polar surface area (TPSA) is 115 Å². The molecule has 0 aliphatic carbocycles. The number of esters is 1. The molecule has 0 radical (unpaired) electrons. The van der Waals surface area contributed by atoms with Gasteiger partial charge in [-0.2, -0.15) is 5.10 Å². The molecule has 0 aromatic heterocycles. The summed E-state index contributed by atoms with van der Waals surface area (Å²) in [4.78, 5) is 37.0. The van der Waals surface area contributed by atoms with E-state index >= 15 is 0 Å². The van der Waals surface area contributed by atoms with Crippen LogP contribution in [0.25, 0.3) is 0 Å². The molecule has 0 saturated carbocycles. The van der Waals surface area contributed by atoms with Crippen molar-refractivity contribution in [3.8, 4) is 17.2 Å². The average Bonchev–Trinajstić information content (AvgIpc) is 2.89. The second-order valence-corrected chi connectivity index (χ2v) is 8.26. The molecule has 2 amide bonds. The number of halogens is 1. The number of hydrazone groups is 1. The smallest absolute Gasteiger partial charge is 0.343 e. The zero-order valence-electron chi connectivity index (χ0n) is 19.8. The van der Waals surface area contributed by atoms with Gasteiger partial charge in [0.05, 0.1) is 26.0 Å². The van der Waals surface area contributed by atoms with Crippen molar-refractivity contribution in [1.29, 1.82) is 0 Å². The molecule has 3 rings (SSSR count). The van der Waals surface area contributed by atoms with Crippen molar-refractivity contribution in [2.75, 3.05) is 19.5 Å². The number of ether oxygens (including phenoxy) is 3. The van der Waals surface area contributed by atoms with Crippen LogP contribution in [-0.2, 0) is 16.0 Å². The van der Waals surface area contributed by atoms with Crippen molar-refractivity contribution in [3.63, 3.8) is 0 Å². The third kappa shape index (κ3) is 6.92. The monoisotopic (exact) mass is 553 g/mol. The maximum absolute atomic E-state index is 12.7. The lowest BCUT2D eigenvalue weighted by atomic mass is 10.1. The van der Waals surface area contributed by atoms with Crippen molar-refractivity contribution in [3.05, 3.63) is 81.8 Å². The van der Waals surface area contributed by atoms with E-state index in [1.165, 1.54) is 26.5 Å². The summed E-state index contributed by atoms with van der Waals surface area (Å²) in [6.45, 7) is 2.02.